The molecule has 1 radical (unpaired) electrons. The number of halogens is 2. The van der Waals surface area contributed by atoms with Crippen LogP contribution in [-0.4, -0.2) is 17.9 Å². The van der Waals surface area contributed by atoms with Crippen LogP contribution >= 0.6 is 0 Å². The quantitative estimate of drug-likeness (QED) is 0.644. The molecule has 1 aliphatic rings. The third-order valence-electron chi connectivity index (χ3n) is 2.08. The lowest BCUT2D eigenvalue weighted by molar-refractivity contribution is -0.118. The maximum atomic E-state index is 12.6. The van der Waals surface area contributed by atoms with E-state index in [0.29, 0.717) is 12.8 Å². The van der Waals surface area contributed by atoms with Crippen molar-refractivity contribution < 1.29 is 13.6 Å². The molecule has 1 aliphatic carbocycles. The number of hydrogen-bond donors (Lipinski definition) is 1. The number of alkyl halides is 2. The fourth-order valence-corrected chi connectivity index (χ4v) is 1.41. The predicted molar refractivity (Wildman–Crippen MR) is 40.7 cm³/mol. The third kappa shape index (κ3) is 2.75. The van der Waals surface area contributed by atoms with Gasteiger partial charge in [0.15, 0.2) is 0 Å². The van der Waals surface area contributed by atoms with Crippen molar-refractivity contribution in [1.82, 2.24) is 5.32 Å². The Morgan fingerprint density at radius 1 is 1.42 bits per heavy atom. The van der Waals surface area contributed by atoms with Crippen LogP contribution in [0.1, 0.15) is 25.7 Å². The van der Waals surface area contributed by atoms with Gasteiger partial charge in [0.2, 0.25) is 11.8 Å². The van der Waals surface area contributed by atoms with Crippen LogP contribution in [0.3, 0.4) is 0 Å². The lowest BCUT2D eigenvalue weighted by Gasteiger charge is -2.28. The van der Waals surface area contributed by atoms with Crippen molar-refractivity contribution in [2.24, 2.45) is 0 Å². The number of rotatable bonds is 1. The van der Waals surface area contributed by atoms with Gasteiger partial charge in [-0.25, -0.2) is 8.78 Å². The molecular formula is C8H12F2NO. The highest BCUT2D eigenvalue weighted by Crippen LogP contribution is 2.32. The molecule has 2 nitrogen and oxygen atoms in total. The molecule has 0 unspecified atom stereocenters. The zero-order chi connectivity index (χ0) is 9.19. The van der Waals surface area contributed by atoms with Crippen LogP contribution in [0.5, 0.6) is 0 Å². The Kier molecular flexibility index (Phi) is 2.65. The average Bonchev–Trinajstić information content (AvgIpc) is 1.93. The largest absolute Gasteiger partial charge is 0.353 e. The van der Waals surface area contributed by atoms with E-state index in [4.69, 9.17) is 0 Å². The molecule has 0 aliphatic heterocycles. The lowest BCUT2D eigenvalue weighted by Crippen LogP contribution is -2.39. The van der Waals surface area contributed by atoms with E-state index >= 15 is 0 Å². The Hall–Kier alpha value is -0.670. The molecule has 0 aromatic carbocycles. The van der Waals surface area contributed by atoms with Crippen molar-refractivity contribution in [2.45, 2.75) is 37.6 Å². The van der Waals surface area contributed by atoms with E-state index in [-0.39, 0.29) is 24.8 Å². The molecule has 69 valence electrons. The molecule has 1 N–H and O–H groups in total. The van der Waals surface area contributed by atoms with Crippen LogP contribution in [0.15, 0.2) is 0 Å². The number of carbonyl (C=O) groups excluding carboxylic acids is 1. The van der Waals surface area contributed by atoms with Crippen molar-refractivity contribution in [1.29, 1.82) is 0 Å². The molecule has 1 rings (SSSR count). The van der Waals surface area contributed by atoms with Crippen LogP contribution in [0.4, 0.5) is 8.78 Å². The van der Waals surface area contributed by atoms with Gasteiger partial charge in [0.1, 0.15) is 0 Å². The van der Waals surface area contributed by atoms with Gasteiger partial charge in [-0.3, -0.25) is 4.79 Å². The van der Waals surface area contributed by atoms with Crippen molar-refractivity contribution in [3.05, 3.63) is 6.92 Å². The van der Waals surface area contributed by atoms with Crippen LogP contribution < -0.4 is 5.32 Å². The zero-order valence-electron chi connectivity index (χ0n) is 6.78. The first-order valence-electron chi connectivity index (χ1n) is 4.00. The molecule has 0 atom stereocenters. The molecule has 0 spiro atoms. The van der Waals surface area contributed by atoms with E-state index in [1.807, 2.05) is 0 Å². The van der Waals surface area contributed by atoms with Crippen LogP contribution in [-0.2, 0) is 4.79 Å². The standard InChI is InChI=1S/C8H12F2NO/c1-6(12)11-7-2-4-8(9,10)5-3-7/h7H,1-5H2,(H,11,12). The summed E-state index contributed by atoms with van der Waals surface area (Å²) >= 11 is 0. The number of nitrogens with one attached hydrogen (secondary N) is 1. The van der Waals surface area contributed by atoms with Gasteiger partial charge in [-0.1, -0.05) is 0 Å². The molecule has 0 heterocycles. The Balaban J connectivity index is 2.31. The Labute approximate surface area is 70.3 Å². The smallest absolute Gasteiger partial charge is 0.248 e. The summed E-state index contributed by atoms with van der Waals surface area (Å²) < 4.78 is 25.2. The van der Waals surface area contributed by atoms with Gasteiger partial charge in [0.25, 0.3) is 0 Å². The summed E-state index contributed by atoms with van der Waals surface area (Å²) in [6.07, 6.45) is 0.457. The summed E-state index contributed by atoms with van der Waals surface area (Å²) in [6, 6.07) is -0.102. The Morgan fingerprint density at radius 2 is 1.92 bits per heavy atom. The van der Waals surface area contributed by atoms with Crippen molar-refractivity contribution >= 4 is 5.91 Å². The molecular weight excluding hydrogens is 164 g/mol. The molecule has 0 bridgehead atoms. The average molecular weight is 176 g/mol. The second kappa shape index (κ2) is 3.37. The Bertz CT molecular complexity index is 172. The van der Waals surface area contributed by atoms with Gasteiger partial charge in [-0.05, 0) is 12.8 Å². The van der Waals surface area contributed by atoms with Crippen molar-refractivity contribution in [2.75, 3.05) is 0 Å². The topological polar surface area (TPSA) is 29.1 Å². The van der Waals surface area contributed by atoms with Crippen molar-refractivity contribution in [3.63, 3.8) is 0 Å². The van der Waals surface area contributed by atoms with E-state index in [1.165, 1.54) is 0 Å². The number of amides is 1. The van der Waals surface area contributed by atoms with Crippen LogP contribution in [0.2, 0.25) is 0 Å². The Morgan fingerprint density at radius 3 is 2.33 bits per heavy atom. The summed E-state index contributed by atoms with van der Waals surface area (Å²) in [7, 11) is 0. The van der Waals surface area contributed by atoms with Gasteiger partial charge >= 0.3 is 0 Å². The monoisotopic (exact) mass is 176 g/mol. The van der Waals surface area contributed by atoms with Crippen LogP contribution in [0.25, 0.3) is 0 Å². The number of hydrogen-bond acceptors (Lipinski definition) is 1. The highest BCUT2D eigenvalue weighted by Gasteiger charge is 2.34. The molecule has 12 heavy (non-hydrogen) atoms. The summed E-state index contributed by atoms with van der Waals surface area (Å²) in [6.45, 7) is 3.13. The maximum absolute atomic E-state index is 12.6. The minimum absolute atomic E-state index is 0.102. The molecule has 0 aromatic rings. The second-order valence-electron chi connectivity index (χ2n) is 3.20. The number of carbonyl (C=O) groups is 1. The van der Waals surface area contributed by atoms with E-state index in [9.17, 15) is 13.6 Å². The van der Waals surface area contributed by atoms with Gasteiger partial charge in [0, 0.05) is 25.8 Å². The van der Waals surface area contributed by atoms with Crippen molar-refractivity contribution in [3.8, 4) is 0 Å². The summed E-state index contributed by atoms with van der Waals surface area (Å²) in [5.74, 6) is -2.91. The minimum atomic E-state index is -2.53. The summed E-state index contributed by atoms with van der Waals surface area (Å²) in [5.41, 5.74) is 0. The second-order valence-corrected chi connectivity index (χ2v) is 3.20. The molecule has 1 amide bonds. The molecule has 1 fully saturated rings. The fourth-order valence-electron chi connectivity index (χ4n) is 1.41. The first-order chi connectivity index (χ1) is 5.49. The molecule has 0 aromatic heterocycles. The van der Waals surface area contributed by atoms with E-state index in [0.717, 1.165) is 0 Å². The highest BCUT2D eigenvalue weighted by atomic mass is 19.3. The van der Waals surface area contributed by atoms with Gasteiger partial charge < -0.3 is 5.32 Å². The van der Waals surface area contributed by atoms with Gasteiger partial charge in [-0.15, -0.1) is 0 Å². The van der Waals surface area contributed by atoms with E-state index in [1.54, 1.807) is 0 Å². The molecule has 4 heteroatoms. The first kappa shape index (κ1) is 9.42. The SMILES string of the molecule is [CH2]C(=O)NC1CCC(F)(F)CC1. The lowest BCUT2D eigenvalue weighted by atomic mass is 9.92. The fraction of sp³-hybridized carbons (Fsp3) is 0.750. The minimum Gasteiger partial charge on any atom is -0.353 e. The predicted octanol–water partition coefficient (Wildman–Crippen LogP) is 1.51. The van der Waals surface area contributed by atoms with E-state index < -0.39 is 5.92 Å². The third-order valence-corrected chi connectivity index (χ3v) is 2.08. The normalized spacial score (nSPS) is 23.6. The highest BCUT2D eigenvalue weighted by molar-refractivity contribution is 5.80. The van der Waals surface area contributed by atoms with Crippen LogP contribution in [0, 0.1) is 6.92 Å². The maximum Gasteiger partial charge on any atom is 0.248 e. The molecule has 1 saturated carbocycles. The zero-order valence-corrected chi connectivity index (χ0v) is 6.78. The summed E-state index contributed by atoms with van der Waals surface area (Å²) in [5, 5.41) is 2.54. The first-order valence-corrected chi connectivity index (χ1v) is 4.00. The summed E-state index contributed by atoms with van der Waals surface area (Å²) in [4.78, 5) is 10.5. The molecule has 0 saturated heterocycles. The van der Waals surface area contributed by atoms with Gasteiger partial charge in [-0.2, -0.15) is 0 Å². The van der Waals surface area contributed by atoms with Gasteiger partial charge in [0.05, 0.1) is 0 Å². The van der Waals surface area contributed by atoms with E-state index in [2.05, 4.69) is 12.2 Å².